The molecule has 144 valence electrons. The lowest BCUT2D eigenvalue weighted by atomic mass is 10.3. The van der Waals surface area contributed by atoms with Crippen LogP contribution in [-0.4, -0.2) is 36.8 Å². The topological polar surface area (TPSA) is 77.1 Å². The van der Waals surface area contributed by atoms with Gasteiger partial charge in [-0.2, -0.15) is 23.4 Å². The first-order valence-electron chi connectivity index (χ1n) is 8.07. The Morgan fingerprint density at radius 2 is 2.07 bits per heavy atom. The van der Waals surface area contributed by atoms with E-state index in [1.54, 1.807) is 10.9 Å². The Morgan fingerprint density at radius 3 is 2.70 bits per heavy atom. The summed E-state index contributed by atoms with van der Waals surface area (Å²) in [6.07, 6.45) is -0.477. The number of amides is 1. The third-order valence-corrected chi connectivity index (χ3v) is 4.13. The Morgan fingerprint density at radius 1 is 1.33 bits per heavy atom. The molecule has 0 saturated heterocycles. The van der Waals surface area contributed by atoms with Crippen molar-refractivity contribution >= 4 is 23.2 Å². The van der Waals surface area contributed by atoms with Crippen molar-refractivity contribution in [3.8, 4) is 0 Å². The Balaban J connectivity index is 1.75. The molecule has 1 amide bonds. The number of aryl methyl sites for hydroxylation is 3. The number of rotatable bonds is 5. The number of halogens is 4. The van der Waals surface area contributed by atoms with E-state index in [0.29, 0.717) is 24.0 Å². The van der Waals surface area contributed by atoms with Crippen molar-refractivity contribution < 1.29 is 18.0 Å². The zero-order valence-electron chi connectivity index (χ0n) is 14.5. The van der Waals surface area contributed by atoms with Gasteiger partial charge in [0.1, 0.15) is 10.7 Å². The molecule has 3 aromatic rings. The summed E-state index contributed by atoms with van der Waals surface area (Å²) in [7, 11) is 0. The molecule has 0 saturated carbocycles. The summed E-state index contributed by atoms with van der Waals surface area (Å²) in [6.45, 7) is 4.21. The van der Waals surface area contributed by atoms with Crippen LogP contribution in [0.25, 0.3) is 5.65 Å². The van der Waals surface area contributed by atoms with E-state index >= 15 is 0 Å². The first kappa shape index (κ1) is 19.2. The number of nitrogens with zero attached hydrogens (tertiary/aromatic N) is 5. The third kappa shape index (κ3) is 4.05. The minimum Gasteiger partial charge on any atom is -0.351 e. The third-order valence-electron chi connectivity index (χ3n) is 3.78. The number of aromatic nitrogens is 5. The van der Waals surface area contributed by atoms with Crippen LogP contribution in [0.3, 0.4) is 0 Å². The smallest absolute Gasteiger partial charge is 0.351 e. The maximum absolute atomic E-state index is 13.2. The fourth-order valence-corrected chi connectivity index (χ4v) is 2.82. The summed E-state index contributed by atoms with van der Waals surface area (Å²) in [5, 5.41) is 10.2. The van der Waals surface area contributed by atoms with Gasteiger partial charge in [-0.3, -0.25) is 9.48 Å². The van der Waals surface area contributed by atoms with E-state index in [4.69, 9.17) is 11.6 Å². The molecule has 0 radical (unpaired) electrons. The van der Waals surface area contributed by atoms with Crippen molar-refractivity contribution in [2.75, 3.05) is 6.54 Å². The van der Waals surface area contributed by atoms with Gasteiger partial charge < -0.3 is 5.32 Å². The van der Waals surface area contributed by atoms with Crippen LogP contribution in [0.5, 0.6) is 0 Å². The molecular weight excluding hydrogens is 385 g/mol. The predicted molar refractivity (Wildman–Crippen MR) is 91.7 cm³/mol. The highest BCUT2D eigenvalue weighted by Crippen LogP contribution is 2.32. The van der Waals surface area contributed by atoms with Gasteiger partial charge in [-0.05, 0) is 31.9 Å². The summed E-state index contributed by atoms with van der Waals surface area (Å²) in [4.78, 5) is 16.3. The van der Waals surface area contributed by atoms with Gasteiger partial charge in [-0.15, -0.1) is 0 Å². The number of nitrogens with one attached hydrogen (secondary N) is 1. The fraction of sp³-hybridized carbons (Fsp3) is 0.375. The van der Waals surface area contributed by atoms with Crippen LogP contribution in [-0.2, 0) is 12.7 Å². The highest BCUT2D eigenvalue weighted by atomic mass is 35.5. The molecule has 0 unspecified atom stereocenters. The molecule has 0 fully saturated rings. The molecule has 0 aliphatic carbocycles. The predicted octanol–water partition coefficient (Wildman–Crippen LogP) is 3.03. The van der Waals surface area contributed by atoms with E-state index in [2.05, 4.69) is 20.5 Å². The average Bonchev–Trinajstić information content (AvgIpc) is 3.14. The number of alkyl halides is 3. The summed E-state index contributed by atoms with van der Waals surface area (Å²) >= 11 is 6.07. The Labute approximate surface area is 157 Å². The van der Waals surface area contributed by atoms with Gasteiger partial charge in [0, 0.05) is 25.0 Å². The van der Waals surface area contributed by atoms with Crippen LogP contribution >= 0.6 is 11.6 Å². The summed E-state index contributed by atoms with van der Waals surface area (Å²) in [6, 6.07) is 0.851. The largest absolute Gasteiger partial charge is 0.433 e. The number of fused-ring (bicyclic) bond motifs is 1. The maximum atomic E-state index is 13.2. The van der Waals surface area contributed by atoms with E-state index < -0.39 is 17.8 Å². The van der Waals surface area contributed by atoms with Gasteiger partial charge in [0.2, 0.25) is 0 Å². The molecule has 0 aliphatic heterocycles. The first-order valence-corrected chi connectivity index (χ1v) is 8.45. The highest BCUT2D eigenvalue weighted by molar-refractivity contribution is 6.36. The SMILES string of the molecule is Cc1cnn(CCCNC(=O)c2nn3c(C(F)(F)F)cc(C)nc3c2Cl)c1. The zero-order chi connectivity index (χ0) is 19.8. The number of carbonyl (C=O) groups excluding carboxylic acids is 1. The fourth-order valence-electron chi connectivity index (χ4n) is 2.58. The molecule has 0 atom stereocenters. The van der Waals surface area contributed by atoms with E-state index in [0.717, 1.165) is 11.6 Å². The molecular formula is C16H16ClF3N6O. The highest BCUT2D eigenvalue weighted by Gasteiger charge is 2.36. The van der Waals surface area contributed by atoms with Crippen LogP contribution in [0.15, 0.2) is 18.5 Å². The second kappa shape index (κ2) is 7.18. The van der Waals surface area contributed by atoms with Crippen molar-refractivity contribution in [3.63, 3.8) is 0 Å². The Kier molecular flexibility index (Phi) is 5.09. The van der Waals surface area contributed by atoms with Crippen LogP contribution in [0.2, 0.25) is 5.02 Å². The van der Waals surface area contributed by atoms with Crippen LogP contribution < -0.4 is 5.32 Å². The van der Waals surface area contributed by atoms with Gasteiger partial charge in [-0.1, -0.05) is 11.6 Å². The molecule has 1 N–H and O–H groups in total. The Bertz CT molecular complexity index is 994. The van der Waals surface area contributed by atoms with Gasteiger partial charge >= 0.3 is 6.18 Å². The van der Waals surface area contributed by atoms with E-state index in [1.165, 1.54) is 6.92 Å². The van der Waals surface area contributed by atoms with Gasteiger partial charge in [0.15, 0.2) is 11.3 Å². The maximum Gasteiger partial charge on any atom is 0.433 e. The van der Waals surface area contributed by atoms with Crippen molar-refractivity contribution in [2.24, 2.45) is 0 Å². The Hall–Kier alpha value is -2.62. The van der Waals surface area contributed by atoms with Crippen molar-refractivity contribution in [1.82, 2.24) is 29.7 Å². The van der Waals surface area contributed by atoms with Gasteiger partial charge in [0.25, 0.3) is 5.91 Å². The quantitative estimate of drug-likeness (QED) is 0.668. The zero-order valence-corrected chi connectivity index (χ0v) is 15.3. The molecule has 0 bridgehead atoms. The lowest BCUT2D eigenvalue weighted by molar-refractivity contribution is -0.142. The molecule has 3 heterocycles. The first-order chi connectivity index (χ1) is 12.7. The lowest BCUT2D eigenvalue weighted by Gasteiger charge is -2.09. The van der Waals surface area contributed by atoms with E-state index in [9.17, 15) is 18.0 Å². The second-order valence-electron chi connectivity index (χ2n) is 6.07. The number of hydrogen-bond acceptors (Lipinski definition) is 4. The molecule has 3 aromatic heterocycles. The standard InChI is InChI=1S/C16H16ClF3N6O/c1-9-7-22-25(8-9)5-3-4-21-15(27)13-12(17)14-23-10(2)6-11(16(18,19)20)26(14)24-13/h6-8H,3-5H2,1-2H3,(H,21,27). The van der Waals surface area contributed by atoms with Gasteiger partial charge in [0.05, 0.1) is 6.20 Å². The van der Waals surface area contributed by atoms with Crippen LogP contribution in [0.1, 0.15) is 33.9 Å². The molecule has 11 heteroatoms. The number of carbonyl (C=O) groups is 1. The van der Waals surface area contributed by atoms with Crippen LogP contribution in [0, 0.1) is 13.8 Å². The summed E-state index contributed by atoms with van der Waals surface area (Å²) in [5.74, 6) is -0.659. The molecule has 0 spiro atoms. The molecule has 0 aromatic carbocycles. The molecule has 7 nitrogen and oxygen atoms in total. The van der Waals surface area contributed by atoms with Crippen LogP contribution in [0.4, 0.5) is 13.2 Å². The van der Waals surface area contributed by atoms with Gasteiger partial charge in [-0.25, -0.2) is 9.50 Å². The monoisotopic (exact) mass is 400 g/mol. The van der Waals surface area contributed by atoms with Crippen molar-refractivity contribution in [1.29, 1.82) is 0 Å². The molecule has 3 rings (SSSR count). The minimum absolute atomic E-state index is 0.123. The second-order valence-corrected chi connectivity index (χ2v) is 6.45. The molecule has 0 aliphatic rings. The summed E-state index contributed by atoms with van der Waals surface area (Å²) < 4.78 is 41.9. The minimum atomic E-state index is -4.66. The van der Waals surface area contributed by atoms with Crippen molar-refractivity contribution in [2.45, 2.75) is 33.0 Å². The van der Waals surface area contributed by atoms with E-state index in [1.807, 2.05) is 13.1 Å². The molecule has 27 heavy (non-hydrogen) atoms. The summed E-state index contributed by atoms with van der Waals surface area (Å²) in [5.41, 5.74) is -0.395. The number of hydrogen-bond donors (Lipinski definition) is 1. The average molecular weight is 401 g/mol. The lowest BCUT2D eigenvalue weighted by Crippen LogP contribution is -2.26. The van der Waals surface area contributed by atoms with Crippen molar-refractivity contribution in [3.05, 3.63) is 46.1 Å². The van der Waals surface area contributed by atoms with E-state index in [-0.39, 0.29) is 22.1 Å². The normalized spacial score (nSPS) is 11.9.